The van der Waals surface area contributed by atoms with Gasteiger partial charge in [0.2, 0.25) is 5.91 Å². The van der Waals surface area contributed by atoms with Gasteiger partial charge in [-0.25, -0.2) is 0 Å². The van der Waals surface area contributed by atoms with Gasteiger partial charge in [-0.2, -0.15) is 0 Å². The number of nitrogens with zero attached hydrogens (tertiary/aromatic N) is 1. The van der Waals surface area contributed by atoms with Crippen molar-refractivity contribution in [1.82, 2.24) is 10.2 Å². The molecule has 1 aromatic rings. The number of nitrogens with one attached hydrogen (secondary N) is 1. The molecule has 4 nitrogen and oxygen atoms in total. The first-order valence-corrected chi connectivity index (χ1v) is 7.93. The maximum atomic E-state index is 12.4. The van der Waals surface area contributed by atoms with Crippen molar-refractivity contribution in [3.63, 3.8) is 0 Å². The molecule has 1 aromatic carbocycles. The fourth-order valence-electron chi connectivity index (χ4n) is 2.43. The van der Waals surface area contributed by atoms with E-state index in [4.69, 9.17) is 0 Å². The van der Waals surface area contributed by atoms with E-state index < -0.39 is 0 Å². The van der Waals surface area contributed by atoms with Crippen LogP contribution in [-0.2, 0) is 10.1 Å². The van der Waals surface area contributed by atoms with Crippen LogP contribution in [0.25, 0.3) is 0 Å². The third kappa shape index (κ3) is 3.82. The van der Waals surface area contributed by atoms with Gasteiger partial charge in [0.05, 0.1) is 0 Å². The molecule has 0 atom stereocenters. The fourth-order valence-corrected chi connectivity index (χ4v) is 2.81. The molecule has 0 aromatic heterocycles. The van der Waals surface area contributed by atoms with E-state index in [1.807, 2.05) is 29.2 Å². The Kier molecular flexibility index (Phi) is 5.17. The van der Waals surface area contributed by atoms with E-state index >= 15 is 0 Å². The Morgan fingerprint density at radius 3 is 2.35 bits per heavy atom. The summed E-state index contributed by atoms with van der Waals surface area (Å²) in [5.74, 6) is 0.0764. The number of carbonyl (C=O) groups excluding carboxylic acids is 2. The number of likely N-dealkylation sites (tertiary alicyclic amines) is 1. The standard InChI is InChI=1S/C15H19BrN2O2/c1-11(19)17-14-6-8-18(9-7-14)15(20)13-4-2-12(10-16)3-5-13/h2-5,14H,6-10H2,1H3,(H,17,19). The molecule has 0 radical (unpaired) electrons. The minimum absolute atomic E-state index is 0.000128. The predicted octanol–water partition coefficient (Wildman–Crippen LogP) is 2.32. The van der Waals surface area contributed by atoms with E-state index in [1.54, 1.807) is 0 Å². The normalized spacial score (nSPS) is 16.0. The smallest absolute Gasteiger partial charge is 0.253 e. The molecule has 0 spiro atoms. The van der Waals surface area contributed by atoms with Crippen LogP contribution in [0, 0.1) is 0 Å². The largest absolute Gasteiger partial charge is 0.353 e. The second kappa shape index (κ2) is 6.88. The Labute approximate surface area is 127 Å². The van der Waals surface area contributed by atoms with Crippen LogP contribution in [0.1, 0.15) is 35.7 Å². The van der Waals surface area contributed by atoms with Crippen molar-refractivity contribution < 1.29 is 9.59 Å². The summed E-state index contributed by atoms with van der Waals surface area (Å²) in [7, 11) is 0. The molecule has 20 heavy (non-hydrogen) atoms. The van der Waals surface area contributed by atoms with Crippen molar-refractivity contribution in [2.45, 2.75) is 31.1 Å². The van der Waals surface area contributed by atoms with Gasteiger partial charge >= 0.3 is 0 Å². The van der Waals surface area contributed by atoms with Gasteiger partial charge in [-0.15, -0.1) is 0 Å². The number of hydrogen-bond acceptors (Lipinski definition) is 2. The third-order valence-electron chi connectivity index (χ3n) is 3.54. The van der Waals surface area contributed by atoms with Crippen molar-refractivity contribution in [3.05, 3.63) is 35.4 Å². The summed E-state index contributed by atoms with van der Waals surface area (Å²) in [6, 6.07) is 7.88. The summed E-state index contributed by atoms with van der Waals surface area (Å²) in [5.41, 5.74) is 1.89. The first-order chi connectivity index (χ1) is 9.60. The Morgan fingerprint density at radius 2 is 1.85 bits per heavy atom. The second-order valence-electron chi connectivity index (χ2n) is 5.10. The summed E-state index contributed by atoms with van der Waals surface area (Å²) in [4.78, 5) is 25.2. The van der Waals surface area contributed by atoms with Crippen LogP contribution in [0.2, 0.25) is 0 Å². The van der Waals surface area contributed by atoms with E-state index in [0.29, 0.717) is 13.1 Å². The highest BCUT2D eigenvalue weighted by Crippen LogP contribution is 2.15. The van der Waals surface area contributed by atoms with E-state index in [9.17, 15) is 9.59 Å². The van der Waals surface area contributed by atoms with Crippen molar-refractivity contribution in [1.29, 1.82) is 0 Å². The first-order valence-electron chi connectivity index (χ1n) is 6.81. The molecule has 1 saturated heterocycles. The van der Waals surface area contributed by atoms with Gasteiger partial charge < -0.3 is 10.2 Å². The van der Waals surface area contributed by atoms with Crippen LogP contribution in [-0.4, -0.2) is 35.8 Å². The zero-order chi connectivity index (χ0) is 14.5. The molecule has 5 heteroatoms. The zero-order valence-electron chi connectivity index (χ0n) is 11.6. The van der Waals surface area contributed by atoms with E-state index in [1.165, 1.54) is 6.92 Å². The van der Waals surface area contributed by atoms with Gasteiger partial charge in [-0.3, -0.25) is 9.59 Å². The van der Waals surface area contributed by atoms with Crippen molar-refractivity contribution in [2.24, 2.45) is 0 Å². The van der Waals surface area contributed by atoms with Crippen LogP contribution in [0.4, 0.5) is 0 Å². The van der Waals surface area contributed by atoms with Crippen LogP contribution in [0.5, 0.6) is 0 Å². The van der Waals surface area contributed by atoms with Crippen LogP contribution < -0.4 is 5.32 Å². The number of alkyl halides is 1. The summed E-state index contributed by atoms with van der Waals surface area (Å²) >= 11 is 3.39. The van der Waals surface area contributed by atoms with Crippen molar-refractivity contribution in [3.8, 4) is 0 Å². The molecule has 0 saturated carbocycles. The molecule has 1 fully saturated rings. The highest BCUT2D eigenvalue weighted by atomic mass is 79.9. The predicted molar refractivity (Wildman–Crippen MR) is 81.8 cm³/mol. The topological polar surface area (TPSA) is 49.4 Å². The van der Waals surface area contributed by atoms with Gasteiger partial charge in [-0.1, -0.05) is 28.1 Å². The number of rotatable bonds is 3. The molecule has 0 bridgehead atoms. The van der Waals surface area contributed by atoms with Gasteiger partial charge in [0.1, 0.15) is 0 Å². The number of halogens is 1. The Bertz CT molecular complexity index is 479. The summed E-state index contributed by atoms with van der Waals surface area (Å²) in [6.07, 6.45) is 1.65. The van der Waals surface area contributed by atoms with Crippen molar-refractivity contribution in [2.75, 3.05) is 13.1 Å². The minimum Gasteiger partial charge on any atom is -0.353 e. The number of piperidine rings is 1. The van der Waals surface area contributed by atoms with E-state index in [0.717, 1.165) is 29.3 Å². The summed E-state index contributed by atoms with van der Waals surface area (Å²) < 4.78 is 0. The molecular weight excluding hydrogens is 320 g/mol. The highest BCUT2D eigenvalue weighted by molar-refractivity contribution is 9.08. The number of amides is 2. The molecule has 108 valence electrons. The average Bonchev–Trinajstić information content (AvgIpc) is 2.47. The van der Waals surface area contributed by atoms with Gasteiger partial charge in [0.15, 0.2) is 0 Å². The fraction of sp³-hybridized carbons (Fsp3) is 0.467. The zero-order valence-corrected chi connectivity index (χ0v) is 13.1. The van der Waals surface area contributed by atoms with Crippen molar-refractivity contribution >= 4 is 27.7 Å². The lowest BCUT2D eigenvalue weighted by Gasteiger charge is -2.32. The lowest BCUT2D eigenvalue weighted by atomic mass is 10.0. The monoisotopic (exact) mass is 338 g/mol. The highest BCUT2D eigenvalue weighted by Gasteiger charge is 2.23. The third-order valence-corrected chi connectivity index (χ3v) is 4.19. The first kappa shape index (κ1) is 15.0. The van der Waals surface area contributed by atoms with Crippen LogP contribution >= 0.6 is 15.9 Å². The minimum atomic E-state index is 0.000128. The van der Waals surface area contributed by atoms with Crippen LogP contribution in [0.3, 0.4) is 0 Å². The molecule has 0 aliphatic carbocycles. The van der Waals surface area contributed by atoms with Gasteiger partial charge in [0.25, 0.3) is 5.91 Å². The molecule has 1 aliphatic rings. The molecule has 1 heterocycles. The summed E-state index contributed by atoms with van der Waals surface area (Å²) in [6.45, 7) is 2.93. The van der Waals surface area contributed by atoms with E-state index in [-0.39, 0.29) is 17.9 Å². The van der Waals surface area contributed by atoms with Gasteiger partial charge in [0, 0.05) is 36.9 Å². The molecule has 1 aliphatic heterocycles. The number of hydrogen-bond donors (Lipinski definition) is 1. The summed E-state index contributed by atoms with van der Waals surface area (Å²) in [5, 5.41) is 3.71. The number of benzene rings is 1. The lowest BCUT2D eigenvalue weighted by Crippen LogP contribution is -2.46. The maximum absolute atomic E-state index is 12.4. The molecule has 0 unspecified atom stereocenters. The molecular formula is C15H19BrN2O2. The molecule has 1 N–H and O–H groups in total. The van der Waals surface area contributed by atoms with E-state index in [2.05, 4.69) is 21.2 Å². The Morgan fingerprint density at radius 1 is 1.25 bits per heavy atom. The molecule has 2 amide bonds. The average molecular weight is 339 g/mol. The SMILES string of the molecule is CC(=O)NC1CCN(C(=O)c2ccc(CBr)cc2)CC1. The Hall–Kier alpha value is -1.36. The second-order valence-corrected chi connectivity index (χ2v) is 5.66. The Balaban J connectivity index is 1.92. The number of carbonyl (C=O) groups is 2. The maximum Gasteiger partial charge on any atom is 0.253 e. The van der Waals surface area contributed by atoms with Crippen LogP contribution in [0.15, 0.2) is 24.3 Å². The quantitative estimate of drug-likeness (QED) is 0.860. The molecule has 2 rings (SSSR count). The lowest BCUT2D eigenvalue weighted by molar-refractivity contribution is -0.119. The van der Waals surface area contributed by atoms with Gasteiger partial charge in [-0.05, 0) is 30.5 Å².